The van der Waals surface area contributed by atoms with Gasteiger partial charge in [-0.05, 0) is 37.7 Å². The van der Waals surface area contributed by atoms with Crippen LogP contribution in [0.4, 0.5) is 4.79 Å². The van der Waals surface area contributed by atoms with Crippen LogP contribution in [0.15, 0.2) is 30.3 Å². The molecule has 1 aromatic rings. The molecule has 0 saturated heterocycles. The van der Waals surface area contributed by atoms with Crippen LogP contribution in [0.5, 0.6) is 0 Å². The fourth-order valence-electron chi connectivity index (χ4n) is 2.15. The lowest BCUT2D eigenvalue weighted by atomic mass is 10.0. The summed E-state index contributed by atoms with van der Waals surface area (Å²) in [5.74, 6) is 0.560. The molecule has 2 rings (SSSR count). The summed E-state index contributed by atoms with van der Waals surface area (Å²) in [5.41, 5.74) is 1.16. The average molecular weight is 262 g/mol. The Balaban J connectivity index is 1.85. The van der Waals surface area contributed by atoms with Crippen LogP contribution in [0.1, 0.15) is 37.8 Å². The van der Waals surface area contributed by atoms with Crippen LogP contribution in [0.25, 0.3) is 0 Å². The molecule has 19 heavy (non-hydrogen) atoms. The number of rotatable bonds is 6. The van der Waals surface area contributed by atoms with Crippen molar-refractivity contribution in [3.63, 3.8) is 0 Å². The Morgan fingerprint density at radius 3 is 2.63 bits per heavy atom. The van der Waals surface area contributed by atoms with Gasteiger partial charge in [-0.2, -0.15) is 0 Å². The summed E-state index contributed by atoms with van der Waals surface area (Å²) in [6.45, 7) is 2.21. The number of nitrogens with one attached hydrogen (secondary N) is 2. The second-order valence-corrected chi connectivity index (χ2v) is 5.26. The lowest BCUT2D eigenvalue weighted by Crippen LogP contribution is -2.39. The normalized spacial score (nSPS) is 17.6. The van der Waals surface area contributed by atoms with Gasteiger partial charge in [0.25, 0.3) is 0 Å². The fraction of sp³-hybridized carbons (Fsp3) is 0.533. The van der Waals surface area contributed by atoms with Gasteiger partial charge in [-0.25, -0.2) is 4.79 Å². The smallest absolute Gasteiger partial charge is 0.315 e. The van der Waals surface area contributed by atoms with Crippen LogP contribution in [-0.4, -0.2) is 23.8 Å². The van der Waals surface area contributed by atoms with Crippen molar-refractivity contribution < 1.29 is 9.90 Å². The van der Waals surface area contributed by atoms with Crippen molar-refractivity contribution in [3.05, 3.63) is 35.9 Å². The molecule has 2 amide bonds. The van der Waals surface area contributed by atoms with Crippen molar-refractivity contribution in [1.82, 2.24) is 10.6 Å². The Bertz CT molecular complexity index is 402. The molecule has 104 valence electrons. The number of hydrogen-bond donors (Lipinski definition) is 3. The molecular formula is C15H22N2O2. The van der Waals surface area contributed by atoms with Crippen molar-refractivity contribution in [2.75, 3.05) is 6.54 Å². The lowest BCUT2D eigenvalue weighted by molar-refractivity contribution is 0.183. The van der Waals surface area contributed by atoms with Crippen LogP contribution in [0.2, 0.25) is 0 Å². The van der Waals surface area contributed by atoms with E-state index >= 15 is 0 Å². The zero-order chi connectivity index (χ0) is 13.7. The number of hydrogen-bond acceptors (Lipinski definition) is 2. The molecule has 0 aromatic heterocycles. The molecule has 2 atom stereocenters. The van der Waals surface area contributed by atoms with E-state index in [0.717, 1.165) is 5.56 Å². The van der Waals surface area contributed by atoms with Gasteiger partial charge >= 0.3 is 6.03 Å². The third-order valence-electron chi connectivity index (χ3n) is 3.39. The van der Waals surface area contributed by atoms with E-state index in [1.54, 1.807) is 6.92 Å². The lowest BCUT2D eigenvalue weighted by Gasteiger charge is -2.19. The molecule has 3 N–H and O–H groups in total. The highest BCUT2D eigenvalue weighted by Crippen LogP contribution is 2.40. The van der Waals surface area contributed by atoms with Gasteiger partial charge in [-0.1, -0.05) is 30.3 Å². The van der Waals surface area contributed by atoms with Crippen molar-refractivity contribution >= 4 is 6.03 Å². The zero-order valence-electron chi connectivity index (χ0n) is 11.3. The van der Waals surface area contributed by atoms with Gasteiger partial charge in [0.15, 0.2) is 0 Å². The maximum absolute atomic E-state index is 11.8. The minimum Gasteiger partial charge on any atom is -0.393 e. The molecule has 1 fully saturated rings. The number of carbonyl (C=O) groups is 1. The molecule has 1 saturated carbocycles. The third-order valence-corrected chi connectivity index (χ3v) is 3.39. The first-order chi connectivity index (χ1) is 9.16. The SMILES string of the molecule is CC(O)CCNC(=O)NC(c1ccccc1)C1CC1. The molecule has 1 aliphatic carbocycles. The summed E-state index contributed by atoms with van der Waals surface area (Å²) in [5, 5.41) is 15.0. The van der Waals surface area contributed by atoms with Gasteiger partial charge in [0.2, 0.25) is 0 Å². The maximum Gasteiger partial charge on any atom is 0.315 e. The van der Waals surface area contributed by atoms with E-state index in [9.17, 15) is 4.79 Å². The van der Waals surface area contributed by atoms with Crippen molar-refractivity contribution in [2.45, 2.75) is 38.3 Å². The van der Waals surface area contributed by atoms with E-state index in [-0.39, 0.29) is 18.2 Å². The standard InChI is InChI=1S/C15H22N2O2/c1-11(18)9-10-16-15(19)17-14(13-7-8-13)12-5-3-2-4-6-12/h2-6,11,13-14,18H,7-10H2,1H3,(H2,16,17,19). The van der Waals surface area contributed by atoms with E-state index < -0.39 is 0 Å². The zero-order valence-corrected chi connectivity index (χ0v) is 11.3. The minimum absolute atomic E-state index is 0.104. The van der Waals surface area contributed by atoms with E-state index in [4.69, 9.17) is 5.11 Å². The molecule has 0 bridgehead atoms. The summed E-state index contributed by atoms with van der Waals surface area (Å²) >= 11 is 0. The molecule has 4 nitrogen and oxygen atoms in total. The molecule has 0 aliphatic heterocycles. The van der Waals surface area contributed by atoms with Gasteiger partial charge < -0.3 is 15.7 Å². The van der Waals surface area contributed by atoms with Gasteiger partial charge in [-0.3, -0.25) is 0 Å². The quantitative estimate of drug-likeness (QED) is 0.736. The first-order valence-corrected chi connectivity index (χ1v) is 6.94. The highest BCUT2D eigenvalue weighted by atomic mass is 16.3. The monoisotopic (exact) mass is 262 g/mol. The van der Waals surface area contributed by atoms with Crippen LogP contribution in [0.3, 0.4) is 0 Å². The second-order valence-electron chi connectivity index (χ2n) is 5.26. The topological polar surface area (TPSA) is 61.4 Å². The number of carbonyl (C=O) groups excluding carboxylic acids is 1. The number of urea groups is 1. The minimum atomic E-state index is -0.381. The second kappa shape index (κ2) is 6.57. The molecule has 2 unspecified atom stereocenters. The first-order valence-electron chi connectivity index (χ1n) is 6.94. The summed E-state index contributed by atoms with van der Waals surface area (Å²) in [6.07, 6.45) is 2.54. The summed E-state index contributed by atoms with van der Waals surface area (Å²) in [4.78, 5) is 11.8. The Morgan fingerprint density at radius 2 is 2.05 bits per heavy atom. The Labute approximate surface area is 114 Å². The number of amides is 2. The van der Waals surface area contributed by atoms with E-state index in [1.807, 2.05) is 18.2 Å². The molecule has 0 spiro atoms. The van der Waals surface area contributed by atoms with Crippen LogP contribution in [0, 0.1) is 5.92 Å². The van der Waals surface area contributed by atoms with Gasteiger partial charge in [-0.15, -0.1) is 0 Å². The predicted octanol–water partition coefficient (Wildman–Crippen LogP) is 2.21. The molecular weight excluding hydrogens is 240 g/mol. The number of aliphatic hydroxyl groups excluding tert-OH is 1. The average Bonchev–Trinajstić information content (AvgIpc) is 3.21. The largest absolute Gasteiger partial charge is 0.393 e. The van der Waals surface area contributed by atoms with Gasteiger partial charge in [0, 0.05) is 6.54 Å². The summed E-state index contributed by atoms with van der Waals surface area (Å²) in [6, 6.07) is 10.0. The van der Waals surface area contributed by atoms with E-state index in [2.05, 4.69) is 22.8 Å². The number of benzene rings is 1. The highest BCUT2D eigenvalue weighted by molar-refractivity contribution is 5.74. The van der Waals surface area contributed by atoms with Gasteiger partial charge in [0.1, 0.15) is 0 Å². The molecule has 0 radical (unpaired) electrons. The van der Waals surface area contributed by atoms with Crippen molar-refractivity contribution in [3.8, 4) is 0 Å². The molecule has 0 heterocycles. The Morgan fingerprint density at radius 1 is 1.37 bits per heavy atom. The molecule has 1 aliphatic rings. The van der Waals surface area contributed by atoms with Crippen LogP contribution >= 0.6 is 0 Å². The Hall–Kier alpha value is -1.55. The van der Waals surface area contributed by atoms with Crippen molar-refractivity contribution in [2.24, 2.45) is 5.92 Å². The first kappa shape index (κ1) is 13.9. The predicted molar refractivity (Wildman–Crippen MR) is 74.7 cm³/mol. The highest BCUT2D eigenvalue weighted by Gasteiger charge is 2.33. The fourth-order valence-corrected chi connectivity index (χ4v) is 2.15. The maximum atomic E-state index is 11.8. The molecule has 4 heteroatoms. The van der Waals surface area contributed by atoms with E-state index in [0.29, 0.717) is 18.9 Å². The van der Waals surface area contributed by atoms with E-state index in [1.165, 1.54) is 12.8 Å². The van der Waals surface area contributed by atoms with Crippen molar-refractivity contribution in [1.29, 1.82) is 0 Å². The summed E-state index contributed by atoms with van der Waals surface area (Å²) < 4.78 is 0. The van der Waals surface area contributed by atoms with Crippen LogP contribution in [-0.2, 0) is 0 Å². The van der Waals surface area contributed by atoms with Crippen LogP contribution < -0.4 is 10.6 Å². The number of aliphatic hydroxyl groups is 1. The summed E-state index contributed by atoms with van der Waals surface area (Å²) in [7, 11) is 0. The molecule has 1 aromatic carbocycles. The van der Waals surface area contributed by atoms with Gasteiger partial charge in [0.05, 0.1) is 12.1 Å². The third kappa shape index (κ3) is 4.56. The Kier molecular flexibility index (Phi) is 4.80.